The molecule has 9 heteroatoms. The van der Waals surface area contributed by atoms with Crippen LogP contribution < -0.4 is 5.56 Å². The molecular weight excluding hydrogens is 486 g/mol. The molecule has 2 aromatic carbocycles. The van der Waals surface area contributed by atoms with Gasteiger partial charge in [-0.05, 0) is 34.9 Å². The summed E-state index contributed by atoms with van der Waals surface area (Å²) in [5.74, 6) is -3.10. The Balaban J connectivity index is 1.79. The van der Waals surface area contributed by atoms with Crippen molar-refractivity contribution in [3.8, 4) is 11.3 Å². The second kappa shape index (κ2) is 9.06. The van der Waals surface area contributed by atoms with Gasteiger partial charge in [-0.2, -0.15) is 0 Å². The maximum absolute atomic E-state index is 14.6. The number of hydrogen-bond acceptors (Lipinski definition) is 2. The molecule has 0 spiro atoms. The van der Waals surface area contributed by atoms with E-state index in [9.17, 15) is 27.2 Å². The van der Waals surface area contributed by atoms with Crippen molar-refractivity contribution in [1.29, 1.82) is 0 Å². The highest BCUT2D eigenvalue weighted by atomic mass is 19.3. The number of hydrogen-bond donors (Lipinski definition) is 1. The molecule has 5 rings (SSSR count). The number of halogens is 4. The first-order valence-corrected chi connectivity index (χ1v) is 11.6. The number of benzene rings is 2. The molecule has 2 atom stereocenters. The number of aryl methyl sites for hydroxylation is 1. The van der Waals surface area contributed by atoms with Gasteiger partial charge in [0.15, 0.2) is 0 Å². The van der Waals surface area contributed by atoms with Crippen LogP contribution in [0.2, 0.25) is 0 Å². The number of allylic oxidation sites excluding steroid dienone is 1. The Morgan fingerprint density at radius 2 is 1.70 bits per heavy atom. The van der Waals surface area contributed by atoms with E-state index < -0.39 is 35.5 Å². The Bertz CT molecular complexity index is 1640. The van der Waals surface area contributed by atoms with Crippen molar-refractivity contribution in [2.24, 2.45) is 13.0 Å². The molecule has 4 aromatic rings. The molecule has 1 amide bonds. The summed E-state index contributed by atoms with van der Waals surface area (Å²) in [5, 5.41) is 0.427. The average molecular weight is 510 g/mol. The van der Waals surface area contributed by atoms with Gasteiger partial charge in [0.2, 0.25) is 5.91 Å². The summed E-state index contributed by atoms with van der Waals surface area (Å²) in [5.41, 5.74) is 1.28. The molecule has 190 valence electrons. The zero-order valence-corrected chi connectivity index (χ0v) is 20.2. The fourth-order valence-electron chi connectivity index (χ4n) is 5.17. The van der Waals surface area contributed by atoms with Gasteiger partial charge >= 0.3 is 0 Å². The molecule has 1 aliphatic rings. The van der Waals surface area contributed by atoms with E-state index in [2.05, 4.69) is 4.98 Å². The highest BCUT2D eigenvalue weighted by Gasteiger charge is 2.38. The molecule has 5 nitrogen and oxygen atoms in total. The maximum Gasteiger partial charge on any atom is 0.274 e. The number of rotatable bonds is 4. The molecule has 0 radical (unpaired) electrons. The van der Waals surface area contributed by atoms with Crippen LogP contribution >= 0.6 is 0 Å². The molecule has 0 aliphatic carbocycles. The van der Waals surface area contributed by atoms with Crippen LogP contribution in [-0.4, -0.2) is 27.4 Å². The molecule has 1 N–H and O–H groups in total. The lowest BCUT2D eigenvalue weighted by Gasteiger charge is -2.35. The van der Waals surface area contributed by atoms with E-state index >= 15 is 0 Å². The zero-order valence-electron chi connectivity index (χ0n) is 20.2. The number of alkyl halides is 2. The van der Waals surface area contributed by atoms with Crippen molar-refractivity contribution in [1.82, 2.24) is 14.5 Å². The fourth-order valence-corrected chi connectivity index (χ4v) is 5.17. The van der Waals surface area contributed by atoms with Crippen molar-refractivity contribution in [2.75, 3.05) is 7.05 Å². The fraction of sp³-hybridized carbons (Fsp3) is 0.214. The van der Waals surface area contributed by atoms with Crippen LogP contribution in [0.3, 0.4) is 0 Å². The van der Waals surface area contributed by atoms with Crippen molar-refractivity contribution in [3.05, 3.63) is 99.6 Å². The standard InChI is InChI=1S/C28H23F4N3O2/c1-14-24(20(12-34(2)27(14)36)16-6-4-5-7-17(16)26(31)32)21-13-35(3)28(37)25-19(21)11-23(33-25)18-9-8-15(29)10-22(18)30/h4-14,24,26,33H,1-3H3. The van der Waals surface area contributed by atoms with Gasteiger partial charge in [-0.3, -0.25) is 9.59 Å². The zero-order chi connectivity index (χ0) is 26.6. The number of carbonyl (C=O) groups excluding carboxylic acids is 1. The third-order valence-electron chi connectivity index (χ3n) is 6.96. The Morgan fingerprint density at radius 1 is 0.973 bits per heavy atom. The molecule has 0 saturated carbocycles. The molecule has 2 unspecified atom stereocenters. The van der Waals surface area contributed by atoms with Gasteiger partial charge in [0, 0.05) is 66.6 Å². The Kier molecular flexibility index (Phi) is 6.01. The molecule has 0 bridgehead atoms. The second-order valence-corrected chi connectivity index (χ2v) is 9.28. The molecule has 0 saturated heterocycles. The van der Waals surface area contributed by atoms with E-state index in [1.54, 1.807) is 51.6 Å². The predicted octanol–water partition coefficient (Wildman–Crippen LogP) is 5.98. The Labute approximate surface area is 209 Å². The SMILES string of the molecule is CC1C(=O)N(C)C=C(c2ccccc2C(F)F)C1c1cn(C)c(=O)c2[nH]c(-c3ccc(F)cc3F)cc12. The van der Waals surface area contributed by atoms with Crippen molar-refractivity contribution >= 4 is 22.4 Å². The van der Waals surface area contributed by atoms with Crippen LogP contribution in [0, 0.1) is 17.6 Å². The number of aromatic nitrogens is 2. The minimum absolute atomic E-state index is 0.0666. The summed E-state index contributed by atoms with van der Waals surface area (Å²) in [7, 11) is 3.12. The highest BCUT2D eigenvalue weighted by molar-refractivity contribution is 5.95. The Hall–Kier alpha value is -4.14. The summed E-state index contributed by atoms with van der Waals surface area (Å²) in [6, 6.07) is 10.8. The number of fused-ring (bicyclic) bond motifs is 1. The van der Waals surface area contributed by atoms with Crippen molar-refractivity contribution < 1.29 is 22.4 Å². The molecule has 2 aromatic heterocycles. The molecule has 0 fully saturated rings. The van der Waals surface area contributed by atoms with E-state index in [-0.39, 0.29) is 28.2 Å². The largest absolute Gasteiger partial charge is 0.350 e. The number of nitrogens with one attached hydrogen (secondary N) is 1. The van der Waals surface area contributed by atoms with Crippen LogP contribution in [0.15, 0.2) is 65.7 Å². The monoisotopic (exact) mass is 509 g/mol. The first kappa shape index (κ1) is 24.5. The summed E-state index contributed by atoms with van der Waals surface area (Å²) in [6.07, 6.45) is 0.400. The predicted molar refractivity (Wildman–Crippen MR) is 133 cm³/mol. The third kappa shape index (κ3) is 4.04. The lowest BCUT2D eigenvalue weighted by atomic mass is 9.75. The van der Waals surface area contributed by atoms with Gasteiger partial charge < -0.3 is 14.5 Å². The van der Waals surface area contributed by atoms with Crippen molar-refractivity contribution in [2.45, 2.75) is 19.3 Å². The number of nitrogens with zero attached hydrogens (tertiary/aromatic N) is 2. The number of pyridine rings is 1. The summed E-state index contributed by atoms with van der Waals surface area (Å²) < 4.78 is 57.4. The van der Waals surface area contributed by atoms with Crippen LogP contribution in [0.1, 0.15) is 36.0 Å². The van der Waals surface area contributed by atoms with E-state index in [0.29, 0.717) is 22.1 Å². The van der Waals surface area contributed by atoms with Crippen LogP contribution in [0.5, 0.6) is 0 Å². The van der Waals surface area contributed by atoms with Crippen molar-refractivity contribution in [3.63, 3.8) is 0 Å². The van der Waals surface area contributed by atoms with Crippen LogP contribution in [0.25, 0.3) is 27.7 Å². The lowest BCUT2D eigenvalue weighted by Crippen LogP contribution is -2.37. The van der Waals surface area contributed by atoms with E-state index in [1.165, 1.54) is 27.7 Å². The van der Waals surface area contributed by atoms with Gasteiger partial charge in [0.25, 0.3) is 12.0 Å². The first-order valence-electron chi connectivity index (χ1n) is 11.6. The van der Waals surface area contributed by atoms with E-state index in [4.69, 9.17) is 0 Å². The number of amides is 1. The highest BCUT2D eigenvalue weighted by Crippen LogP contribution is 2.46. The third-order valence-corrected chi connectivity index (χ3v) is 6.96. The molecule has 3 heterocycles. The van der Waals surface area contributed by atoms with Gasteiger partial charge in [-0.1, -0.05) is 31.2 Å². The summed E-state index contributed by atoms with van der Waals surface area (Å²) in [4.78, 5) is 30.4. The van der Waals surface area contributed by atoms with Crippen LogP contribution in [-0.2, 0) is 11.8 Å². The van der Waals surface area contributed by atoms with Gasteiger partial charge in [-0.15, -0.1) is 0 Å². The first-order chi connectivity index (χ1) is 17.6. The van der Waals surface area contributed by atoms with E-state index in [1.807, 2.05) is 0 Å². The van der Waals surface area contributed by atoms with Gasteiger partial charge in [-0.25, -0.2) is 17.6 Å². The van der Waals surface area contributed by atoms with Gasteiger partial charge in [0.1, 0.15) is 17.2 Å². The second-order valence-electron chi connectivity index (χ2n) is 9.28. The lowest BCUT2D eigenvalue weighted by molar-refractivity contribution is -0.132. The topological polar surface area (TPSA) is 58.1 Å². The number of H-pyrrole nitrogens is 1. The van der Waals surface area contributed by atoms with Crippen LogP contribution in [0.4, 0.5) is 17.6 Å². The quantitative estimate of drug-likeness (QED) is 0.344. The smallest absolute Gasteiger partial charge is 0.274 e. The summed E-state index contributed by atoms with van der Waals surface area (Å²) >= 11 is 0. The number of carbonyl (C=O) groups is 1. The van der Waals surface area contributed by atoms with Gasteiger partial charge in [0.05, 0.1) is 0 Å². The molecular formula is C28H23F4N3O2. The normalized spacial score (nSPS) is 18.1. The molecule has 37 heavy (non-hydrogen) atoms. The maximum atomic E-state index is 14.6. The number of aromatic amines is 1. The van der Waals surface area contributed by atoms with E-state index in [0.717, 1.165) is 12.1 Å². The minimum atomic E-state index is -2.74. The minimum Gasteiger partial charge on any atom is -0.350 e. The summed E-state index contributed by atoms with van der Waals surface area (Å²) in [6.45, 7) is 1.71. The Morgan fingerprint density at radius 3 is 2.41 bits per heavy atom. The average Bonchev–Trinajstić information content (AvgIpc) is 3.30. The molecule has 1 aliphatic heterocycles.